The number of halogens is 2. The van der Waals surface area contributed by atoms with Crippen LogP contribution >= 0.6 is 23.2 Å². The lowest BCUT2D eigenvalue weighted by atomic mass is 9.92. The van der Waals surface area contributed by atoms with E-state index in [1.807, 2.05) is 69.7 Å². The van der Waals surface area contributed by atoms with Crippen molar-refractivity contribution < 1.29 is 9.59 Å². The Morgan fingerprint density at radius 3 is 2.24 bits per heavy atom. The number of hydrazine groups is 1. The molecule has 1 aliphatic rings. The van der Waals surface area contributed by atoms with Crippen molar-refractivity contribution in [1.29, 1.82) is 0 Å². The van der Waals surface area contributed by atoms with Gasteiger partial charge in [-0.15, -0.1) is 5.10 Å². The first-order chi connectivity index (χ1) is 20.3. The average Bonchev–Trinajstić information content (AvgIpc) is 3.41. The summed E-state index contributed by atoms with van der Waals surface area (Å²) in [5.74, 6) is 4.79. The van der Waals surface area contributed by atoms with Crippen LogP contribution in [-0.2, 0) is 6.54 Å². The normalized spacial score (nSPS) is 14.1. The number of likely N-dealkylation sites (tertiary alicyclic amines) is 1. The molecular weight excluding hydrogens is 575 g/mol. The zero-order valence-electron chi connectivity index (χ0n) is 22.6. The van der Waals surface area contributed by atoms with Crippen LogP contribution in [-0.4, -0.2) is 45.5 Å². The molecule has 216 valence electrons. The van der Waals surface area contributed by atoms with E-state index >= 15 is 0 Å². The molecule has 6 N–H and O–H groups in total. The van der Waals surface area contributed by atoms with Crippen LogP contribution in [0.1, 0.15) is 50.7 Å². The monoisotopic (exact) mass is 604 g/mol. The van der Waals surface area contributed by atoms with Crippen LogP contribution in [0.15, 0.2) is 84.0 Å². The Morgan fingerprint density at radius 2 is 1.60 bits per heavy atom. The Hall–Kier alpha value is -4.38. The molecule has 0 unspecified atom stereocenters. The number of carbonyl (C=O) groups excluding carboxylic acids is 2. The molecule has 0 radical (unpaired) electrons. The quantitative estimate of drug-likeness (QED) is 0.107. The van der Waals surface area contributed by atoms with E-state index in [9.17, 15) is 9.59 Å². The Balaban J connectivity index is 1.37. The average molecular weight is 606 g/mol. The Labute approximate surface area is 253 Å². The lowest BCUT2D eigenvalue weighted by Gasteiger charge is -2.32. The zero-order chi connectivity index (χ0) is 29.6. The van der Waals surface area contributed by atoms with Crippen LogP contribution in [0.5, 0.6) is 0 Å². The minimum absolute atomic E-state index is 0.0493. The maximum absolute atomic E-state index is 13.0. The lowest BCUT2D eigenvalue weighted by molar-refractivity contribution is 0.0711. The molecule has 42 heavy (non-hydrogen) atoms. The van der Waals surface area contributed by atoms with E-state index in [0.29, 0.717) is 40.8 Å². The summed E-state index contributed by atoms with van der Waals surface area (Å²) in [6.07, 6.45) is 1.61. The number of carbonyl (C=O) groups is 2. The smallest absolute Gasteiger partial charge is 0.257 e. The molecule has 3 aromatic carbocycles. The third-order valence-electron chi connectivity index (χ3n) is 7.17. The van der Waals surface area contributed by atoms with Gasteiger partial charge in [0.05, 0.1) is 12.2 Å². The van der Waals surface area contributed by atoms with Gasteiger partial charge in [-0.3, -0.25) is 19.6 Å². The first-order valence-electron chi connectivity index (χ1n) is 13.4. The number of hydrogen-bond acceptors (Lipinski definition) is 6. The van der Waals surface area contributed by atoms with Gasteiger partial charge in [-0.05, 0) is 66.9 Å². The molecule has 2 heterocycles. The summed E-state index contributed by atoms with van der Waals surface area (Å²) in [5, 5.41) is 12.0. The highest BCUT2D eigenvalue weighted by atomic mass is 35.5. The first kappa shape index (κ1) is 29.1. The standard InChI is InChI=1S/C30H30Cl2N8O2/c31-24-14-23(15-25(32)16-24)26-17-27(20-10-12-39(13-11-20)29(42)22-4-2-1-3-5-22)40(37-26)18-19-6-8-21(9-7-19)28(41)35-30(33)36-38-34/h1-9,14-17,20,38H,10-13,18,34H2,(H3,33,35,36,41). The minimum Gasteiger partial charge on any atom is -0.368 e. The maximum atomic E-state index is 13.0. The molecule has 0 spiro atoms. The van der Waals surface area contributed by atoms with Gasteiger partial charge >= 0.3 is 0 Å². The van der Waals surface area contributed by atoms with Crippen LogP contribution in [0.4, 0.5) is 0 Å². The van der Waals surface area contributed by atoms with Crippen molar-refractivity contribution >= 4 is 41.0 Å². The van der Waals surface area contributed by atoms with E-state index < -0.39 is 5.91 Å². The third kappa shape index (κ3) is 6.91. The summed E-state index contributed by atoms with van der Waals surface area (Å²) >= 11 is 12.6. The Bertz CT molecular complexity index is 1580. The SMILES string of the molecule is NN/N=C(\N)NC(=O)c1ccc(Cn2nc(-c3cc(Cl)cc(Cl)c3)cc2C2CCN(C(=O)c3ccccc3)CC2)cc1. The summed E-state index contributed by atoms with van der Waals surface area (Å²) in [6, 6.07) is 24.0. The predicted octanol–water partition coefficient (Wildman–Crippen LogP) is 4.35. The van der Waals surface area contributed by atoms with Gasteiger partial charge in [-0.1, -0.05) is 53.5 Å². The number of piperidine rings is 1. The van der Waals surface area contributed by atoms with E-state index in [1.54, 1.807) is 18.2 Å². The van der Waals surface area contributed by atoms with E-state index in [2.05, 4.69) is 16.5 Å². The van der Waals surface area contributed by atoms with Crippen molar-refractivity contribution in [2.75, 3.05) is 13.1 Å². The van der Waals surface area contributed by atoms with Crippen LogP contribution < -0.4 is 22.4 Å². The van der Waals surface area contributed by atoms with E-state index in [-0.39, 0.29) is 17.8 Å². The maximum Gasteiger partial charge on any atom is 0.257 e. The molecule has 1 aromatic heterocycles. The van der Waals surface area contributed by atoms with Crippen molar-refractivity contribution in [1.82, 2.24) is 25.5 Å². The summed E-state index contributed by atoms with van der Waals surface area (Å²) in [4.78, 5) is 27.3. The highest BCUT2D eigenvalue weighted by Crippen LogP contribution is 2.33. The van der Waals surface area contributed by atoms with Crippen LogP contribution in [0.3, 0.4) is 0 Å². The molecule has 1 fully saturated rings. The van der Waals surface area contributed by atoms with Gasteiger partial charge in [-0.2, -0.15) is 5.10 Å². The molecule has 2 amide bonds. The third-order valence-corrected chi connectivity index (χ3v) is 7.60. The van der Waals surface area contributed by atoms with Gasteiger partial charge in [0.2, 0.25) is 5.96 Å². The van der Waals surface area contributed by atoms with E-state index in [4.69, 9.17) is 39.9 Å². The summed E-state index contributed by atoms with van der Waals surface area (Å²) in [5.41, 5.74) is 12.3. The number of aromatic nitrogens is 2. The van der Waals surface area contributed by atoms with Crippen molar-refractivity contribution in [3.8, 4) is 11.3 Å². The number of nitrogens with two attached hydrogens (primary N) is 2. The highest BCUT2D eigenvalue weighted by molar-refractivity contribution is 6.35. The van der Waals surface area contributed by atoms with Gasteiger partial charge in [0.25, 0.3) is 11.8 Å². The van der Waals surface area contributed by atoms with Crippen LogP contribution in [0.25, 0.3) is 11.3 Å². The van der Waals surface area contributed by atoms with Crippen LogP contribution in [0.2, 0.25) is 10.0 Å². The predicted molar refractivity (Wildman–Crippen MR) is 164 cm³/mol. The summed E-state index contributed by atoms with van der Waals surface area (Å²) in [7, 11) is 0. The van der Waals surface area contributed by atoms with E-state index in [1.165, 1.54) is 0 Å². The minimum atomic E-state index is -0.408. The number of nitrogens with zero attached hydrogens (tertiary/aromatic N) is 4. The van der Waals surface area contributed by atoms with Crippen molar-refractivity contribution in [3.63, 3.8) is 0 Å². The molecular formula is C30H30Cl2N8O2. The molecule has 1 saturated heterocycles. The van der Waals surface area contributed by atoms with Gasteiger partial charge in [0, 0.05) is 51.4 Å². The van der Waals surface area contributed by atoms with Gasteiger partial charge in [-0.25, -0.2) is 11.4 Å². The van der Waals surface area contributed by atoms with Crippen molar-refractivity contribution in [2.24, 2.45) is 16.7 Å². The van der Waals surface area contributed by atoms with Crippen molar-refractivity contribution in [3.05, 3.63) is 111 Å². The second-order valence-corrected chi connectivity index (χ2v) is 10.9. The summed E-state index contributed by atoms with van der Waals surface area (Å²) in [6.45, 7) is 1.78. The first-order valence-corrected chi connectivity index (χ1v) is 14.1. The van der Waals surface area contributed by atoms with Gasteiger partial charge in [0.1, 0.15) is 0 Å². The van der Waals surface area contributed by atoms with E-state index in [0.717, 1.165) is 35.4 Å². The number of nitrogens with one attached hydrogen (secondary N) is 2. The van der Waals surface area contributed by atoms with Gasteiger partial charge < -0.3 is 10.6 Å². The fourth-order valence-corrected chi connectivity index (χ4v) is 5.62. The topological polar surface area (TPSA) is 144 Å². The molecule has 0 bridgehead atoms. The van der Waals surface area contributed by atoms with Crippen molar-refractivity contribution in [2.45, 2.75) is 25.3 Å². The molecule has 10 nitrogen and oxygen atoms in total. The largest absolute Gasteiger partial charge is 0.368 e. The molecule has 0 saturated carbocycles. The molecule has 0 aliphatic carbocycles. The number of guanidine groups is 1. The summed E-state index contributed by atoms with van der Waals surface area (Å²) < 4.78 is 1.98. The highest BCUT2D eigenvalue weighted by Gasteiger charge is 2.27. The zero-order valence-corrected chi connectivity index (χ0v) is 24.1. The van der Waals surface area contributed by atoms with Crippen LogP contribution in [0, 0.1) is 0 Å². The second kappa shape index (κ2) is 13.1. The number of hydrazone groups is 1. The second-order valence-electron chi connectivity index (χ2n) is 9.98. The molecule has 4 aromatic rings. The fraction of sp³-hybridized carbons (Fsp3) is 0.200. The number of benzene rings is 3. The lowest BCUT2D eigenvalue weighted by Crippen LogP contribution is -2.39. The Morgan fingerprint density at radius 1 is 0.929 bits per heavy atom. The Kier molecular flexibility index (Phi) is 9.06. The molecule has 12 heteroatoms. The molecule has 0 atom stereocenters. The number of amides is 2. The fourth-order valence-electron chi connectivity index (χ4n) is 5.09. The molecule has 1 aliphatic heterocycles. The van der Waals surface area contributed by atoms with Gasteiger partial charge in [0.15, 0.2) is 0 Å². The molecule has 5 rings (SSSR count). The number of hydrogen-bond donors (Lipinski definition) is 4. The number of rotatable bonds is 7.